The van der Waals surface area contributed by atoms with Crippen molar-refractivity contribution in [2.45, 2.75) is 32.9 Å². The molecular weight excluding hydrogens is 198 g/mol. The highest BCUT2D eigenvalue weighted by molar-refractivity contribution is 5.75. The van der Waals surface area contributed by atoms with Crippen LogP contribution in [0.4, 0.5) is 0 Å². The molecule has 84 valence electrons. The van der Waals surface area contributed by atoms with Crippen molar-refractivity contribution in [1.29, 1.82) is 0 Å². The largest absolute Gasteiger partial charge is 0.468 e. The lowest BCUT2D eigenvalue weighted by molar-refractivity contribution is -0.143. The predicted molar refractivity (Wildman–Crippen MR) is 52.0 cm³/mol. The summed E-state index contributed by atoms with van der Waals surface area (Å²) in [5, 5.41) is 6.62. The van der Waals surface area contributed by atoms with E-state index in [-0.39, 0.29) is 12.0 Å². The zero-order valence-electron chi connectivity index (χ0n) is 9.11. The summed E-state index contributed by atoms with van der Waals surface area (Å²) in [6.45, 7) is 4.01. The second-order valence-corrected chi connectivity index (χ2v) is 3.10. The van der Waals surface area contributed by atoms with E-state index in [0.29, 0.717) is 24.7 Å². The molecule has 0 saturated carbocycles. The van der Waals surface area contributed by atoms with E-state index in [1.165, 1.54) is 7.11 Å². The summed E-state index contributed by atoms with van der Waals surface area (Å²) in [7, 11) is 1.36. The number of hydrogen-bond donors (Lipinski definition) is 1. The number of methoxy groups -OCH3 is 1. The maximum atomic E-state index is 11.2. The van der Waals surface area contributed by atoms with E-state index >= 15 is 0 Å². The second-order valence-electron chi connectivity index (χ2n) is 3.10. The normalized spacial score (nSPS) is 12.5. The molecule has 6 heteroatoms. The number of rotatable bonds is 5. The first-order chi connectivity index (χ1) is 7.17. The molecule has 0 aromatic carbocycles. The Morgan fingerprint density at radius 2 is 2.40 bits per heavy atom. The Bertz CT molecular complexity index is 324. The van der Waals surface area contributed by atoms with Crippen LogP contribution in [0.1, 0.15) is 25.1 Å². The van der Waals surface area contributed by atoms with Gasteiger partial charge >= 0.3 is 5.97 Å². The maximum absolute atomic E-state index is 11.2. The topological polar surface area (TPSA) is 77.3 Å². The number of nitrogens with one attached hydrogen (secondary N) is 1. The quantitative estimate of drug-likeness (QED) is 0.714. The molecule has 0 spiro atoms. The molecule has 1 aromatic heterocycles. The predicted octanol–water partition coefficient (Wildman–Crippen LogP) is 0.419. The summed E-state index contributed by atoms with van der Waals surface area (Å²) >= 11 is 0. The van der Waals surface area contributed by atoms with Gasteiger partial charge in [0.2, 0.25) is 5.89 Å². The molecule has 0 fully saturated rings. The van der Waals surface area contributed by atoms with Crippen LogP contribution in [0.25, 0.3) is 0 Å². The number of carbonyl (C=O) groups is 1. The minimum Gasteiger partial charge on any atom is -0.468 e. The van der Waals surface area contributed by atoms with Crippen LogP contribution in [-0.2, 0) is 16.1 Å². The molecule has 0 aliphatic carbocycles. The number of aryl methyl sites for hydroxylation is 1. The fraction of sp³-hybridized carbons (Fsp3) is 0.667. The van der Waals surface area contributed by atoms with Crippen molar-refractivity contribution in [3.8, 4) is 0 Å². The molecule has 0 radical (unpaired) electrons. The van der Waals surface area contributed by atoms with Gasteiger partial charge in [-0.05, 0) is 13.3 Å². The van der Waals surface area contributed by atoms with Crippen molar-refractivity contribution < 1.29 is 14.1 Å². The third kappa shape index (κ3) is 3.32. The molecule has 6 nitrogen and oxygen atoms in total. The molecule has 1 N–H and O–H groups in total. The molecular formula is C9H15N3O3. The van der Waals surface area contributed by atoms with Crippen molar-refractivity contribution in [2.24, 2.45) is 0 Å². The van der Waals surface area contributed by atoms with E-state index in [1.54, 1.807) is 6.92 Å². The fourth-order valence-corrected chi connectivity index (χ4v) is 1.16. The molecule has 1 unspecified atom stereocenters. The third-order valence-electron chi connectivity index (χ3n) is 1.96. The van der Waals surface area contributed by atoms with Gasteiger partial charge in [0.25, 0.3) is 0 Å². The Morgan fingerprint density at radius 3 is 2.87 bits per heavy atom. The third-order valence-corrected chi connectivity index (χ3v) is 1.96. The van der Waals surface area contributed by atoms with Crippen molar-refractivity contribution in [3.05, 3.63) is 11.7 Å². The van der Waals surface area contributed by atoms with E-state index < -0.39 is 0 Å². The second kappa shape index (κ2) is 5.45. The summed E-state index contributed by atoms with van der Waals surface area (Å²) in [5.41, 5.74) is 0. The van der Waals surface area contributed by atoms with Crippen molar-refractivity contribution in [3.63, 3.8) is 0 Å². The first kappa shape index (κ1) is 11.6. The summed E-state index contributed by atoms with van der Waals surface area (Å²) in [4.78, 5) is 15.2. The average Bonchev–Trinajstić information content (AvgIpc) is 2.64. The standard InChI is InChI=1S/C9H15N3O3/c1-4-7(9(13)14-3)10-5-8-11-6(2)12-15-8/h7,10H,4-5H2,1-3H3. The zero-order valence-corrected chi connectivity index (χ0v) is 9.11. The van der Waals surface area contributed by atoms with Gasteiger partial charge in [0.05, 0.1) is 13.7 Å². The maximum Gasteiger partial charge on any atom is 0.322 e. The highest BCUT2D eigenvalue weighted by Crippen LogP contribution is 1.99. The van der Waals surface area contributed by atoms with Gasteiger partial charge < -0.3 is 9.26 Å². The van der Waals surface area contributed by atoms with Crippen LogP contribution in [0, 0.1) is 6.92 Å². The number of esters is 1. The molecule has 1 atom stereocenters. The van der Waals surface area contributed by atoms with Crippen molar-refractivity contribution in [2.75, 3.05) is 7.11 Å². The van der Waals surface area contributed by atoms with Gasteiger partial charge in [-0.25, -0.2) is 0 Å². The van der Waals surface area contributed by atoms with Crippen LogP contribution in [0.3, 0.4) is 0 Å². The lowest BCUT2D eigenvalue weighted by Gasteiger charge is -2.12. The van der Waals surface area contributed by atoms with Crippen LogP contribution >= 0.6 is 0 Å². The highest BCUT2D eigenvalue weighted by atomic mass is 16.5. The van der Waals surface area contributed by atoms with Gasteiger partial charge in [0, 0.05) is 0 Å². The van der Waals surface area contributed by atoms with Gasteiger partial charge in [-0.2, -0.15) is 4.98 Å². The van der Waals surface area contributed by atoms with E-state index in [1.807, 2.05) is 6.92 Å². The summed E-state index contributed by atoms with van der Waals surface area (Å²) in [6.07, 6.45) is 0.653. The average molecular weight is 213 g/mol. The first-order valence-corrected chi connectivity index (χ1v) is 4.77. The summed E-state index contributed by atoms with van der Waals surface area (Å²) < 4.78 is 9.53. The van der Waals surface area contributed by atoms with E-state index in [0.717, 1.165) is 0 Å². The minimum absolute atomic E-state index is 0.284. The fourth-order valence-electron chi connectivity index (χ4n) is 1.16. The summed E-state index contributed by atoms with van der Waals surface area (Å²) in [5.74, 6) is 0.765. The molecule has 0 bridgehead atoms. The van der Waals surface area contributed by atoms with Crippen molar-refractivity contribution >= 4 is 5.97 Å². The number of hydrogen-bond acceptors (Lipinski definition) is 6. The SMILES string of the molecule is CCC(NCc1nc(C)no1)C(=O)OC. The van der Waals surface area contributed by atoms with Gasteiger partial charge in [-0.1, -0.05) is 12.1 Å². The molecule has 1 aromatic rings. The molecule has 0 amide bonds. The number of aromatic nitrogens is 2. The Balaban J connectivity index is 2.44. The van der Waals surface area contributed by atoms with Crippen LogP contribution < -0.4 is 5.32 Å². The van der Waals surface area contributed by atoms with Crippen LogP contribution in [-0.4, -0.2) is 29.3 Å². The van der Waals surface area contributed by atoms with Gasteiger partial charge in [-0.3, -0.25) is 10.1 Å². The lowest BCUT2D eigenvalue weighted by Crippen LogP contribution is -2.36. The van der Waals surface area contributed by atoms with E-state index in [4.69, 9.17) is 4.52 Å². The molecule has 1 heterocycles. The van der Waals surface area contributed by atoms with Gasteiger partial charge in [0.15, 0.2) is 5.82 Å². The Hall–Kier alpha value is -1.43. The monoisotopic (exact) mass is 213 g/mol. The molecule has 1 rings (SSSR count). The van der Waals surface area contributed by atoms with E-state index in [2.05, 4.69) is 20.2 Å². The lowest BCUT2D eigenvalue weighted by atomic mass is 10.2. The van der Waals surface area contributed by atoms with Gasteiger partial charge in [0.1, 0.15) is 6.04 Å². The van der Waals surface area contributed by atoms with E-state index in [9.17, 15) is 4.79 Å². The Morgan fingerprint density at radius 1 is 1.67 bits per heavy atom. The number of nitrogens with zero attached hydrogens (tertiary/aromatic N) is 2. The molecule has 15 heavy (non-hydrogen) atoms. The smallest absolute Gasteiger partial charge is 0.322 e. The minimum atomic E-state index is -0.331. The number of ether oxygens (including phenoxy) is 1. The van der Waals surface area contributed by atoms with Crippen LogP contribution in [0.5, 0.6) is 0 Å². The Labute approximate surface area is 88.0 Å². The Kier molecular flexibility index (Phi) is 4.23. The van der Waals surface area contributed by atoms with Crippen molar-refractivity contribution in [1.82, 2.24) is 15.5 Å². The van der Waals surface area contributed by atoms with Crippen LogP contribution in [0.2, 0.25) is 0 Å². The first-order valence-electron chi connectivity index (χ1n) is 4.77. The van der Waals surface area contributed by atoms with Crippen LogP contribution in [0.15, 0.2) is 4.52 Å². The number of carbonyl (C=O) groups excluding carboxylic acids is 1. The molecule has 0 aliphatic heterocycles. The molecule has 0 saturated heterocycles. The highest BCUT2D eigenvalue weighted by Gasteiger charge is 2.16. The zero-order chi connectivity index (χ0) is 11.3. The summed E-state index contributed by atoms with van der Waals surface area (Å²) in [6, 6.07) is -0.331. The molecule has 0 aliphatic rings. The van der Waals surface area contributed by atoms with Gasteiger partial charge in [-0.15, -0.1) is 0 Å².